The zero-order valence-electron chi connectivity index (χ0n) is 19.0. The molecule has 0 fully saturated rings. The summed E-state index contributed by atoms with van der Waals surface area (Å²) >= 11 is 1.44. The van der Waals surface area contributed by atoms with Crippen LogP contribution in [0.4, 0.5) is 0 Å². The number of carbonyl (C=O) groups excluding carboxylic acids is 2. The molecule has 8 nitrogen and oxygen atoms in total. The number of nitrogens with one attached hydrogen (secondary N) is 1. The van der Waals surface area contributed by atoms with Gasteiger partial charge in [-0.15, -0.1) is 0 Å². The van der Waals surface area contributed by atoms with Crippen molar-refractivity contribution in [2.45, 2.75) is 39.3 Å². The highest BCUT2D eigenvalue weighted by Gasteiger charge is 2.41. The monoisotopic (exact) mass is 459 g/mol. The Bertz CT molecular complexity index is 953. The van der Waals surface area contributed by atoms with Gasteiger partial charge >= 0.3 is 5.97 Å². The number of allylic oxidation sites excluding steroid dienone is 1. The number of thioether (sulfide) groups is 1. The van der Waals surface area contributed by atoms with Crippen molar-refractivity contribution < 1.29 is 23.8 Å². The van der Waals surface area contributed by atoms with Crippen molar-refractivity contribution in [3.8, 4) is 5.75 Å². The van der Waals surface area contributed by atoms with E-state index >= 15 is 0 Å². The van der Waals surface area contributed by atoms with Crippen LogP contribution in [0.5, 0.6) is 5.75 Å². The Hall–Kier alpha value is -2.78. The van der Waals surface area contributed by atoms with Gasteiger partial charge in [-0.05, 0) is 43.9 Å². The third-order valence-corrected chi connectivity index (χ3v) is 5.85. The van der Waals surface area contributed by atoms with Gasteiger partial charge in [0.2, 0.25) is 5.91 Å². The largest absolute Gasteiger partial charge is 0.497 e. The maximum atomic E-state index is 13.1. The van der Waals surface area contributed by atoms with Gasteiger partial charge in [0, 0.05) is 19.4 Å². The van der Waals surface area contributed by atoms with E-state index in [1.807, 2.05) is 55.3 Å². The Balaban J connectivity index is 1.97. The second kappa shape index (κ2) is 10.7. The first-order valence-electron chi connectivity index (χ1n) is 10.4. The smallest absolute Gasteiger partial charge is 0.338 e. The van der Waals surface area contributed by atoms with E-state index in [1.165, 1.54) is 11.8 Å². The number of fused-ring (bicyclic) bond motifs is 1. The first-order chi connectivity index (χ1) is 15.3. The van der Waals surface area contributed by atoms with Crippen molar-refractivity contribution in [2.24, 2.45) is 4.99 Å². The highest BCUT2D eigenvalue weighted by Crippen LogP contribution is 2.45. The first kappa shape index (κ1) is 23.9. The van der Waals surface area contributed by atoms with Crippen LogP contribution in [0.25, 0.3) is 0 Å². The molecule has 2 heterocycles. The van der Waals surface area contributed by atoms with Crippen molar-refractivity contribution in [3.05, 3.63) is 52.2 Å². The van der Waals surface area contributed by atoms with Gasteiger partial charge in [0.1, 0.15) is 5.75 Å². The molecular formula is C23H29N3O5S. The summed E-state index contributed by atoms with van der Waals surface area (Å²) in [6.45, 7) is 6.32. The minimum atomic E-state index is -0.465. The van der Waals surface area contributed by atoms with E-state index in [2.05, 4.69) is 10.3 Å². The zero-order chi connectivity index (χ0) is 23.3. The zero-order valence-corrected chi connectivity index (χ0v) is 19.8. The number of amidine groups is 1. The molecule has 0 radical (unpaired) electrons. The van der Waals surface area contributed by atoms with Gasteiger partial charge in [-0.25, -0.2) is 9.79 Å². The normalized spacial score (nSPS) is 17.7. The number of benzene rings is 1. The third-order valence-electron chi connectivity index (χ3n) is 4.96. The number of rotatable bonds is 9. The van der Waals surface area contributed by atoms with Crippen LogP contribution in [0, 0.1) is 0 Å². The quantitative estimate of drug-likeness (QED) is 0.447. The molecule has 32 heavy (non-hydrogen) atoms. The topological polar surface area (TPSA) is 89.5 Å². The summed E-state index contributed by atoms with van der Waals surface area (Å²) in [7, 11) is 3.20. The van der Waals surface area contributed by atoms with E-state index in [0.717, 1.165) is 22.2 Å². The lowest BCUT2D eigenvalue weighted by Gasteiger charge is -2.36. The summed E-state index contributed by atoms with van der Waals surface area (Å²) < 4.78 is 15.8. The molecule has 1 aromatic rings. The van der Waals surface area contributed by atoms with Crippen LogP contribution in [0.3, 0.4) is 0 Å². The van der Waals surface area contributed by atoms with Crippen LogP contribution in [0.15, 0.2) is 51.6 Å². The second-order valence-electron chi connectivity index (χ2n) is 7.64. The molecule has 2 aliphatic heterocycles. The van der Waals surface area contributed by atoms with Gasteiger partial charge in [0.05, 0.1) is 43.6 Å². The summed E-state index contributed by atoms with van der Waals surface area (Å²) in [4.78, 5) is 32.2. The average molecular weight is 460 g/mol. The van der Waals surface area contributed by atoms with Crippen LogP contribution < -0.4 is 10.1 Å². The maximum absolute atomic E-state index is 13.1. The maximum Gasteiger partial charge on any atom is 0.338 e. The summed E-state index contributed by atoms with van der Waals surface area (Å²) in [5.74, 6) is 0.178. The summed E-state index contributed by atoms with van der Waals surface area (Å²) in [5, 5.41) is 5.48. The number of amides is 1. The van der Waals surface area contributed by atoms with E-state index < -0.39 is 12.0 Å². The fraction of sp³-hybridized carbons (Fsp3) is 0.435. The van der Waals surface area contributed by atoms with E-state index in [9.17, 15) is 9.59 Å². The molecule has 1 unspecified atom stereocenters. The second-order valence-corrected chi connectivity index (χ2v) is 8.48. The SMILES string of the molecule is COCCNC(=O)CC1=CSC2=NC(C)=C(C(=O)OC(C)C)C(c3ccc(OC)cc3)N12. The average Bonchev–Trinajstić information content (AvgIpc) is 3.14. The lowest BCUT2D eigenvalue weighted by molar-refractivity contribution is -0.143. The van der Waals surface area contributed by atoms with E-state index in [-0.39, 0.29) is 18.4 Å². The molecule has 0 saturated heterocycles. The van der Waals surface area contributed by atoms with Crippen LogP contribution in [0.1, 0.15) is 38.8 Å². The lowest BCUT2D eigenvalue weighted by atomic mass is 9.93. The fourth-order valence-corrected chi connectivity index (χ4v) is 4.49. The first-order valence-corrected chi connectivity index (χ1v) is 11.3. The summed E-state index contributed by atoms with van der Waals surface area (Å²) in [6.07, 6.45) is -0.104. The molecule has 2 aliphatic rings. The number of ether oxygens (including phenoxy) is 3. The lowest BCUT2D eigenvalue weighted by Crippen LogP contribution is -2.38. The fourth-order valence-electron chi connectivity index (χ4n) is 3.53. The number of methoxy groups -OCH3 is 2. The Morgan fingerprint density at radius 1 is 1.22 bits per heavy atom. The van der Waals surface area contributed by atoms with Gasteiger partial charge in [0.25, 0.3) is 0 Å². The Morgan fingerprint density at radius 3 is 2.56 bits per heavy atom. The number of hydrogen-bond acceptors (Lipinski definition) is 8. The number of hydrogen-bond donors (Lipinski definition) is 1. The predicted octanol–water partition coefficient (Wildman–Crippen LogP) is 3.37. The molecular weight excluding hydrogens is 430 g/mol. The number of carbonyl (C=O) groups is 2. The van der Waals surface area contributed by atoms with Crippen molar-refractivity contribution >= 4 is 28.8 Å². The van der Waals surface area contributed by atoms with Crippen LogP contribution in [-0.4, -0.2) is 55.4 Å². The van der Waals surface area contributed by atoms with Gasteiger partial charge in [-0.1, -0.05) is 23.9 Å². The molecule has 0 aromatic heterocycles. The van der Waals surface area contributed by atoms with E-state index in [4.69, 9.17) is 14.2 Å². The van der Waals surface area contributed by atoms with Crippen LogP contribution >= 0.6 is 11.8 Å². The summed E-state index contributed by atoms with van der Waals surface area (Å²) in [5.41, 5.74) is 2.71. The molecule has 0 saturated carbocycles. The Kier molecular flexibility index (Phi) is 7.98. The number of nitrogens with zero attached hydrogens (tertiary/aromatic N) is 2. The third kappa shape index (κ3) is 5.34. The van der Waals surface area contributed by atoms with Crippen LogP contribution in [-0.2, 0) is 19.1 Å². The van der Waals surface area contributed by atoms with Gasteiger partial charge < -0.3 is 24.4 Å². The molecule has 0 bridgehead atoms. The Labute approximate surface area is 192 Å². The number of esters is 1. The van der Waals surface area contributed by atoms with Gasteiger partial charge in [-0.2, -0.15) is 0 Å². The van der Waals surface area contributed by atoms with E-state index in [1.54, 1.807) is 14.2 Å². The van der Waals surface area contributed by atoms with Crippen molar-refractivity contribution in [1.29, 1.82) is 0 Å². The molecule has 1 aromatic carbocycles. The Morgan fingerprint density at radius 2 is 1.94 bits per heavy atom. The standard InChI is InChI=1S/C23H29N3O5S/c1-14(2)31-22(28)20-15(3)25-23-26(21(20)16-6-8-18(30-5)9-7-16)17(13-32-23)12-19(27)24-10-11-29-4/h6-9,13-14,21H,10-12H2,1-5H3,(H,24,27). The number of aliphatic imine (C=N–C) groups is 1. The molecule has 1 N–H and O–H groups in total. The van der Waals surface area contributed by atoms with Gasteiger partial charge in [0.15, 0.2) is 5.17 Å². The molecule has 1 atom stereocenters. The van der Waals surface area contributed by atoms with Crippen molar-refractivity contribution in [2.75, 3.05) is 27.4 Å². The highest BCUT2D eigenvalue weighted by atomic mass is 32.2. The molecule has 0 aliphatic carbocycles. The van der Waals surface area contributed by atoms with Crippen molar-refractivity contribution in [1.82, 2.24) is 10.2 Å². The van der Waals surface area contributed by atoms with Gasteiger partial charge in [-0.3, -0.25) is 4.79 Å². The molecule has 3 rings (SSSR count). The van der Waals surface area contributed by atoms with E-state index in [0.29, 0.717) is 24.4 Å². The summed E-state index contributed by atoms with van der Waals surface area (Å²) in [6, 6.07) is 7.08. The molecule has 0 spiro atoms. The minimum Gasteiger partial charge on any atom is -0.497 e. The van der Waals surface area contributed by atoms with Crippen LogP contribution in [0.2, 0.25) is 0 Å². The molecule has 9 heteroatoms. The minimum absolute atomic E-state index is 0.124. The molecule has 172 valence electrons. The molecule has 1 amide bonds. The highest BCUT2D eigenvalue weighted by molar-refractivity contribution is 8.16. The van der Waals surface area contributed by atoms with Crippen molar-refractivity contribution in [3.63, 3.8) is 0 Å². The predicted molar refractivity (Wildman–Crippen MR) is 124 cm³/mol.